The molecule has 30 heavy (non-hydrogen) atoms. The van der Waals surface area contributed by atoms with Crippen LogP contribution in [0.2, 0.25) is 5.32 Å². The topological polar surface area (TPSA) is 78.2 Å². The van der Waals surface area contributed by atoms with Crippen LogP contribution in [-0.2, 0) is 9.84 Å². The molecule has 1 N–H and O–H groups in total. The average Bonchev–Trinajstić information content (AvgIpc) is 3.09. The van der Waals surface area contributed by atoms with Crippen molar-refractivity contribution in [3.05, 3.63) is 43.0 Å². The molecule has 3 rings (SSSR count). The summed E-state index contributed by atoms with van der Waals surface area (Å²) in [5.74, 6) is 0.0318. The van der Waals surface area contributed by atoms with Crippen LogP contribution in [0.3, 0.4) is 0 Å². The van der Waals surface area contributed by atoms with Gasteiger partial charge in [0, 0.05) is 0 Å². The van der Waals surface area contributed by atoms with Gasteiger partial charge < -0.3 is 0 Å². The monoisotopic (exact) mass is 495 g/mol. The van der Waals surface area contributed by atoms with Crippen molar-refractivity contribution in [3.63, 3.8) is 0 Å². The zero-order chi connectivity index (χ0) is 22.2. The van der Waals surface area contributed by atoms with Gasteiger partial charge in [-0.1, -0.05) is 0 Å². The van der Waals surface area contributed by atoms with Crippen molar-refractivity contribution >= 4 is 24.8 Å². The molecule has 2 saturated carbocycles. The summed E-state index contributed by atoms with van der Waals surface area (Å²) in [6, 6.07) is 10.7. The van der Waals surface area contributed by atoms with E-state index in [-0.39, 0.29) is 15.7 Å². The first kappa shape index (κ1) is 23.5. The Morgan fingerprint density at radius 2 is 2.07 bits per heavy atom. The SMILES string of the molecule is C=C[C@H](CCC)[C@](C#N)([Se]C[C@]12CC[C@H](C[C@H]1O)C2(C)C)S(=O)(=O)c1ccccc1. The van der Waals surface area contributed by atoms with Crippen LogP contribution in [0.25, 0.3) is 0 Å². The van der Waals surface area contributed by atoms with Crippen LogP contribution in [0.15, 0.2) is 47.9 Å². The summed E-state index contributed by atoms with van der Waals surface area (Å²) >= 11 is -0.540. The van der Waals surface area contributed by atoms with E-state index in [2.05, 4.69) is 26.5 Å². The molecular formula is C24H33NO3SSe. The molecule has 2 bridgehead atoms. The van der Waals surface area contributed by atoms with Crippen LogP contribution in [-0.4, -0.2) is 38.2 Å². The third-order valence-electron chi connectivity index (χ3n) is 7.91. The Kier molecular flexibility index (Phi) is 6.62. The van der Waals surface area contributed by atoms with Crippen molar-refractivity contribution in [2.45, 2.75) is 72.8 Å². The van der Waals surface area contributed by atoms with Crippen LogP contribution >= 0.6 is 0 Å². The van der Waals surface area contributed by atoms with E-state index in [9.17, 15) is 18.8 Å². The minimum atomic E-state index is -3.90. The zero-order valence-corrected chi connectivity index (χ0v) is 20.7. The molecule has 5 atom stereocenters. The molecule has 0 heterocycles. The third-order valence-corrected chi connectivity index (χ3v) is 15.1. The fraction of sp³-hybridized carbons (Fsp3) is 0.625. The molecule has 164 valence electrons. The maximum atomic E-state index is 13.9. The van der Waals surface area contributed by atoms with E-state index in [4.69, 9.17) is 0 Å². The minimum absolute atomic E-state index is 0.0414. The molecular weight excluding hydrogens is 461 g/mol. The molecule has 0 spiro atoms. The number of rotatable bonds is 9. The van der Waals surface area contributed by atoms with Crippen LogP contribution in [0.5, 0.6) is 0 Å². The Morgan fingerprint density at radius 3 is 2.53 bits per heavy atom. The van der Waals surface area contributed by atoms with Gasteiger partial charge in [0.15, 0.2) is 0 Å². The molecule has 0 radical (unpaired) electrons. The van der Waals surface area contributed by atoms with E-state index in [0.717, 1.165) is 25.7 Å². The second kappa shape index (κ2) is 8.43. The summed E-state index contributed by atoms with van der Waals surface area (Å²) in [6.07, 6.45) is 5.40. The quantitative estimate of drug-likeness (QED) is 0.402. The normalized spacial score (nSPS) is 30.4. The van der Waals surface area contributed by atoms with Gasteiger partial charge in [-0.3, -0.25) is 0 Å². The molecule has 2 aliphatic rings. The van der Waals surface area contributed by atoms with Gasteiger partial charge in [-0.25, -0.2) is 0 Å². The van der Waals surface area contributed by atoms with E-state index >= 15 is 0 Å². The standard InChI is InChI=1S/C24H33NO3SSe/c1-5-10-18(6-2)24(16-25,29(27,28)20-11-8-7-9-12-20)30-17-23-14-13-19(15-21(23)26)22(23,3)4/h6-9,11-12,18-19,21,26H,2,5,10,13-15,17H2,1,3-4H3/t18-,19-,21-,23-,24+/m1/s1. The van der Waals surface area contributed by atoms with Crippen LogP contribution < -0.4 is 0 Å². The molecule has 1 aromatic rings. The summed E-state index contributed by atoms with van der Waals surface area (Å²) in [4.78, 5) is 0.199. The van der Waals surface area contributed by atoms with E-state index in [0.29, 0.717) is 17.7 Å². The third kappa shape index (κ3) is 3.30. The predicted octanol–water partition coefficient (Wildman–Crippen LogP) is 4.59. The van der Waals surface area contributed by atoms with Crippen molar-refractivity contribution in [2.24, 2.45) is 22.7 Å². The van der Waals surface area contributed by atoms with Gasteiger partial charge in [0.25, 0.3) is 0 Å². The summed E-state index contributed by atoms with van der Waals surface area (Å²) in [5, 5.41) is 22.0. The predicted molar refractivity (Wildman–Crippen MR) is 121 cm³/mol. The number of aliphatic hydroxyl groups is 1. The van der Waals surface area contributed by atoms with Crippen molar-refractivity contribution in [2.75, 3.05) is 0 Å². The summed E-state index contributed by atoms with van der Waals surface area (Å²) in [7, 11) is -3.90. The molecule has 2 fully saturated rings. The van der Waals surface area contributed by atoms with Crippen molar-refractivity contribution < 1.29 is 13.5 Å². The number of nitrogens with zero attached hydrogens (tertiary/aromatic N) is 1. The number of aliphatic hydroxyl groups excluding tert-OH is 1. The number of nitriles is 1. The van der Waals surface area contributed by atoms with E-state index in [1.54, 1.807) is 36.4 Å². The van der Waals surface area contributed by atoms with Crippen molar-refractivity contribution in [1.29, 1.82) is 5.26 Å². The van der Waals surface area contributed by atoms with Gasteiger partial charge in [-0.2, -0.15) is 0 Å². The molecule has 0 aromatic heterocycles. The van der Waals surface area contributed by atoms with Crippen LogP contribution in [0.4, 0.5) is 0 Å². The second-order valence-electron chi connectivity index (χ2n) is 9.38. The number of allylic oxidation sites excluding steroid dienone is 1. The van der Waals surface area contributed by atoms with E-state index in [1.807, 2.05) is 6.92 Å². The van der Waals surface area contributed by atoms with Crippen LogP contribution in [0, 0.1) is 34.0 Å². The second-order valence-corrected chi connectivity index (χ2v) is 14.6. The molecule has 0 unspecified atom stereocenters. The Bertz CT molecular complexity index is 924. The average molecular weight is 495 g/mol. The molecule has 2 aliphatic carbocycles. The molecule has 6 heteroatoms. The molecule has 0 amide bonds. The number of hydrogen-bond donors (Lipinski definition) is 1. The first-order chi connectivity index (χ1) is 14.1. The fourth-order valence-electron chi connectivity index (χ4n) is 5.72. The molecule has 0 saturated heterocycles. The molecule has 4 nitrogen and oxygen atoms in total. The van der Waals surface area contributed by atoms with Gasteiger partial charge in [-0.15, -0.1) is 0 Å². The maximum absolute atomic E-state index is 13.9. The van der Waals surface area contributed by atoms with E-state index < -0.39 is 40.5 Å². The Balaban J connectivity index is 2.07. The molecule has 0 aliphatic heterocycles. The molecule has 1 aromatic carbocycles. The fourth-order valence-corrected chi connectivity index (χ4v) is 12.9. The number of hydrogen-bond acceptors (Lipinski definition) is 4. The van der Waals surface area contributed by atoms with Gasteiger partial charge >= 0.3 is 188 Å². The van der Waals surface area contributed by atoms with Crippen LogP contribution in [0.1, 0.15) is 52.9 Å². The summed E-state index contributed by atoms with van der Waals surface area (Å²) < 4.78 is 26.3. The number of fused-ring (bicyclic) bond motifs is 2. The zero-order valence-electron chi connectivity index (χ0n) is 18.2. The van der Waals surface area contributed by atoms with Gasteiger partial charge in [0.05, 0.1) is 0 Å². The number of sulfone groups is 1. The first-order valence-corrected chi connectivity index (χ1v) is 14.3. The van der Waals surface area contributed by atoms with Gasteiger partial charge in [0.2, 0.25) is 0 Å². The first-order valence-electron chi connectivity index (χ1n) is 10.8. The van der Waals surface area contributed by atoms with E-state index in [1.165, 1.54) is 0 Å². The Labute approximate surface area is 187 Å². The Morgan fingerprint density at radius 1 is 1.40 bits per heavy atom. The van der Waals surface area contributed by atoms with Gasteiger partial charge in [0.1, 0.15) is 0 Å². The summed E-state index contributed by atoms with van der Waals surface area (Å²) in [6.45, 7) is 10.4. The van der Waals surface area contributed by atoms with Gasteiger partial charge in [-0.05, 0) is 0 Å². The number of benzene rings is 1. The van der Waals surface area contributed by atoms with Crippen molar-refractivity contribution in [3.8, 4) is 6.07 Å². The van der Waals surface area contributed by atoms with Crippen molar-refractivity contribution in [1.82, 2.24) is 0 Å². The Hall–Kier alpha value is -1.12. The summed E-state index contributed by atoms with van der Waals surface area (Å²) in [5.41, 5.74) is -0.343.